The van der Waals surface area contributed by atoms with Crippen molar-refractivity contribution in [1.82, 2.24) is 37.2 Å². The highest BCUT2D eigenvalue weighted by atomic mass is 16.4. The van der Waals surface area contributed by atoms with Crippen molar-refractivity contribution in [2.24, 2.45) is 5.73 Å². The van der Waals surface area contributed by atoms with E-state index in [4.69, 9.17) is 10.8 Å². The fourth-order valence-corrected chi connectivity index (χ4v) is 1.75. The van der Waals surface area contributed by atoms with E-state index < -0.39 is 12.0 Å². The minimum Gasteiger partial charge on any atom is -0.480 e. The van der Waals surface area contributed by atoms with Crippen molar-refractivity contribution in [3.8, 4) is 0 Å². The van der Waals surface area contributed by atoms with Gasteiger partial charge in [0.2, 0.25) is 11.8 Å². The van der Waals surface area contributed by atoms with E-state index in [1.807, 2.05) is 7.05 Å². The first-order valence-corrected chi connectivity index (χ1v) is 8.91. The van der Waals surface area contributed by atoms with E-state index in [9.17, 15) is 14.4 Å². The molecule has 12 heteroatoms. The Kier molecular flexibility index (Phi) is 35.1. The zero-order chi connectivity index (χ0) is 22.5. The van der Waals surface area contributed by atoms with Gasteiger partial charge in [-0.2, -0.15) is 0 Å². The maximum absolute atomic E-state index is 10.9. The van der Waals surface area contributed by atoms with Crippen LogP contribution in [0.15, 0.2) is 0 Å². The first kappa shape index (κ1) is 38.7. The van der Waals surface area contributed by atoms with Gasteiger partial charge in [0.15, 0.2) is 0 Å². The molecule has 0 aromatic carbocycles. The van der Waals surface area contributed by atoms with Gasteiger partial charge in [-0.05, 0) is 35.2 Å². The van der Waals surface area contributed by atoms with Crippen LogP contribution in [0.4, 0.5) is 0 Å². The minimum absolute atomic E-state index is 0. The molecule has 0 spiro atoms. The van der Waals surface area contributed by atoms with Crippen molar-refractivity contribution in [3.63, 3.8) is 0 Å². The number of hydrogen-bond acceptors (Lipinski definition) is 9. The van der Waals surface area contributed by atoms with Gasteiger partial charge >= 0.3 is 5.97 Å². The highest BCUT2D eigenvalue weighted by Gasteiger charge is 2.12. The second-order valence-electron chi connectivity index (χ2n) is 5.44. The van der Waals surface area contributed by atoms with Gasteiger partial charge in [-0.15, -0.1) is 0 Å². The number of nitrogens with one attached hydrogen (secondary N) is 7. The fraction of sp³-hybridized carbons (Fsp3) is 0.833. The molecule has 0 aromatic heterocycles. The summed E-state index contributed by atoms with van der Waals surface area (Å²) in [6.45, 7) is 1.43. The third-order valence-corrected chi connectivity index (χ3v) is 3.52. The summed E-state index contributed by atoms with van der Waals surface area (Å²) in [5.41, 5.74) is 5.24. The zero-order valence-electron chi connectivity index (χ0n) is 18.1. The Morgan fingerprint density at radius 2 is 1.03 bits per heavy atom. The largest absolute Gasteiger partial charge is 0.480 e. The van der Waals surface area contributed by atoms with E-state index in [1.165, 1.54) is 0 Å². The Hall–Kier alpha value is -1.83. The highest BCUT2D eigenvalue weighted by Crippen LogP contribution is 1.78. The summed E-state index contributed by atoms with van der Waals surface area (Å²) < 4.78 is 0. The summed E-state index contributed by atoms with van der Waals surface area (Å²) >= 11 is 0. The number of amides is 2. The Bertz CT molecular complexity index is 407. The first-order chi connectivity index (χ1) is 13.2. The van der Waals surface area contributed by atoms with Crippen molar-refractivity contribution < 1.29 is 19.5 Å². The SMILES string of the molecule is C.C.CNC(=O)C(CN)NC.CNCC(NC)C(=O)NC.CNCC(NC)C(=O)O. The topological polar surface area (TPSA) is 182 Å². The predicted molar refractivity (Wildman–Crippen MR) is 125 cm³/mol. The van der Waals surface area contributed by atoms with Gasteiger partial charge in [0.05, 0.1) is 12.1 Å². The minimum atomic E-state index is -0.827. The number of carbonyl (C=O) groups is 3. The second kappa shape index (κ2) is 27.2. The summed E-state index contributed by atoms with van der Waals surface area (Å²) in [5.74, 6) is -0.885. The standard InChI is InChI=1S/C6H15N3O.C5H13N3O.C5H12N2O2.2CH4/c1-7-4-5(8-2)6(10)9-3;1-7-4(3-6)5(9)8-2;1-6-3-4(7-2)5(8)9;;/h5,7-8H,4H2,1-3H3,(H,9,10);4,7H,3,6H2,1-2H3,(H,8,9);4,6-7H,3H2,1-2H3,(H,8,9);2*1H4. The number of carbonyl (C=O) groups excluding carboxylic acids is 2. The molecule has 0 aliphatic carbocycles. The molecule has 0 saturated carbocycles. The Balaban J connectivity index is -0.000000101. The lowest BCUT2D eigenvalue weighted by Gasteiger charge is -2.12. The number of hydrogen-bond donors (Lipinski definition) is 9. The van der Waals surface area contributed by atoms with E-state index in [0.29, 0.717) is 19.6 Å². The van der Waals surface area contributed by atoms with Crippen molar-refractivity contribution in [3.05, 3.63) is 0 Å². The molecule has 12 nitrogen and oxygen atoms in total. The van der Waals surface area contributed by atoms with Gasteiger partial charge in [-0.1, -0.05) is 14.9 Å². The van der Waals surface area contributed by atoms with Gasteiger partial charge < -0.3 is 48.1 Å². The fourth-order valence-electron chi connectivity index (χ4n) is 1.75. The smallest absolute Gasteiger partial charge is 0.322 e. The van der Waals surface area contributed by atoms with E-state index in [1.54, 1.807) is 42.3 Å². The first-order valence-electron chi connectivity index (χ1n) is 8.91. The third kappa shape index (κ3) is 20.9. The van der Waals surface area contributed by atoms with Crippen LogP contribution in [-0.2, 0) is 14.4 Å². The Morgan fingerprint density at radius 3 is 1.20 bits per heavy atom. The molecule has 2 amide bonds. The molecule has 3 unspecified atom stereocenters. The number of carboxylic acids is 1. The van der Waals surface area contributed by atoms with Gasteiger partial charge in [0.25, 0.3) is 0 Å². The van der Waals surface area contributed by atoms with Crippen molar-refractivity contribution >= 4 is 17.8 Å². The van der Waals surface area contributed by atoms with Crippen molar-refractivity contribution in [2.45, 2.75) is 33.0 Å². The molecule has 0 heterocycles. The molecule has 0 aliphatic heterocycles. The highest BCUT2D eigenvalue weighted by molar-refractivity contribution is 5.82. The average Bonchev–Trinajstić information content (AvgIpc) is 2.70. The van der Waals surface area contributed by atoms with E-state index >= 15 is 0 Å². The maximum atomic E-state index is 10.9. The maximum Gasteiger partial charge on any atom is 0.322 e. The summed E-state index contributed by atoms with van der Waals surface area (Å²) in [5, 5.41) is 27.4. The summed E-state index contributed by atoms with van der Waals surface area (Å²) in [6, 6.07) is -0.861. The number of likely N-dealkylation sites (N-methyl/N-ethyl adjacent to an activating group) is 7. The molecule has 3 atom stereocenters. The van der Waals surface area contributed by atoms with Gasteiger partial charge in [0, 0.05) is 33.7 Å². The quantitative estimate of drug-likeness (QED) is 0.160. The molecule has 0 rings (SSSR count). The Labute approximate surface area is 182 Å². The van der Waals surface area contributed by atoms with Crippen LogP contribution in [0.1, 0.15) is 14.9 Å². The third-order valence-electron chi connectivity index (χ3n) is 3.52. The molecule has 184 valence electrons. The molecular weight excluding hydrogens is 392 g/mol. The van der Waals surface area contributed by atoms with Gasteiger partial charge in [-0.3, -0.25) is 14.4 Å². The number of aliphatic carboxylic acids is 1. The second-order valence-corrected chi connectivity index (χ2v) is 5.44. The molecular formula is C18H48N8O4. The van der Waals surface area contributed by atoms with E-state index in [0.717, 1.165) is 0 Å². The van der Waals surface area contributed by atoms with Crippen LogP contribution in [0.25, 0.3) is 0 Å². The molecule has 0 radical (unpaired) electrons. The molecule has 0 saturated heterocycles. The molecule has 10 N–H and O–H groups in total. The van der Waals surface area contributed by atoms with E-state index in [2.05, 4.69) is 37.2 Å². The zero-order valence-corrected chi connectivity index (χ0v) is 18.1. The van der Waals surface area contributed by atoms with Crippen LogP contribution in [0.3, 0.4) is 0 Å². The van der Waals surface area contributed by atoms with Crippen LogP contribution in [-0.4, -0.2) is 110 Å². The summed E-state index contributed by atoms with van der Waals surface area (Å²) in [7, 11) is 11.8. The number of carboxylic acid groups (broad SMARTS) is 1. The molecule has 0 bridgehead atoms. The number of rotatable bonds is 11. The molecule has 0 aromatic rings. The average molecular weight is 441 g/mol. The van der Waals surface area contributed by atoms with Crippen LogP contribution >= 0.6 is 0 Å². The lowest BCUT2D eigenvalue weighted by molar-refractivity contribution is -0.139. The van der Waals surface area contributed by atoms with Gasteiger partial charge in [-0.25, -0.2) is 0 Å². The summed E-state index contributed by atoms with van der Waals surface area (Å²) in [4.78, 5) is 31.9. The predicted octanol–water partition coefficient (Wildman–Crippen LogP) is -3.03. The molecule has 30 heavy (non-hydrogen) atoms. The monoisotopic (exact) mass is 440 g/mol. The summed E-state index contributed by atoms with van der Waals surface area (Å²) in [6.07, 6.45) is 0. The lowest BCUT2D eigenvalue weighted by Crippen LogP contribution is -2.46. The van der Waals surface area contributed by atoms with Crippen molar-refractivity contribution in [1.29, 1.82) is 0 Å². The molecule has 0 aliphatic rings. The van der Waals surface area contributed by atoms with Crippen LogP contribution in [0, 0.1) is 0 Å². The van der Waals surface area contributed by atoms with Crippen LogP contribution in [0.2, 0.25) is 0 Å². The van der Waals surface area contributed by atoms with Crippen LogP contribution in [0.5, 0.6) is 0 Å². The normalized spacial score (nSPS) is 12.0. The number of nitrogens with two attached hydrogens (primary N) is 1. The lowest BCUT2D eigenvalue weighted by atomic mass is 10.3. The van der Waals surface area contributed by atoms with Crippen LogP contribution < -0.4 is 43.0 Å². The molecule has 0 fully saturated rings. The van der Waals surface area contributed by atoms with Crippen molar-refractivity contribution in [2.75, 3.05) is 69.0 Å². The van der Waals surface area contributed by atoms with Gasteiger partial charge in [0.1, 0.15) is 6.04 Å². The van der Waals surface area contributed by atoms with E-state index in [-0.39, 0.29) is 38.8 Å². The Morgan fingerprint density at radius 1 is 0.700 bits per heavy atom.